The predicted molar refractivity (Wildman–Crippen MR) is 56.3 cm³/mol. The first kappa shape index (κ1) is 10.7. The SMILES string of the molecule is O=C(O)CCC1(C(=O)O)Cc2ccccc21. The van der Waals surface area contributed by atoms with Crippen molar-refractivity contribution in [1.29, 1.82) is 0 Å². The van der Waals surface area contributed by atoms with E-state index in [0.717, 1.165) is 11.1 Å². The lowest BCUT2D eigenvalue weighted by Crippen LogP contribution is -2.46. The maximum absolute atomic E-state index is 11.3. The summed E-state index contributed by atoms with van der Waals surface area (Å²) < 4.78 is 0. The van der Waals surface area contributed by atoms with Crippen LogP contribution in [0.25, 0.3) is 0 Å². The van der Waals surface area contributed by atoms with Crippen LogP contribution >= 0.6 is 0 Å². The summed E-state index contributed by atoms with van der Waals surface area (Å²) >= 11 is 0. The fraction of sp³-hybridized carbons (Fsp3) is 0.333. The third-order valence-corrected chi connectivity index (χ3v) is 3.20. The molecule has 0 aromatic heterocycles. The maximum atomic E-state index is 11.3. The van der Waals surface area contributed by atoms with E-state index in [4.69, 9.17) is 5.11 Å². The van der Waals surface area contributed by atoms with E-state index in [2.05, 4.69) is 0 Å². The van der Waals surface area contributed by atoms with Crippen molar-refractivity contribution in [3.05, 3.63) is 35.4 Å². The van der Waals surface area contributed by atoms with E-state index < -0.39 is 17.4 Å². The fourth-order valence-electron chi connectivity index (χ4n) is 2.30. The monoisotopic (exact) mass is 220 g/mol. The summed E-state index contributed by atoms with van der Waals surface area (Å²) in [5, 5.41) is 17.9. The number of hydrogen-bond donors (Lipinski definition) is 2. The van der Waals surface area contributed by atoms with Crippen LogP contribution < -0.4 is 0 Å². The molecule has 0 fully saturated rings. The molecule has 1 atom stereocenters. The van der Waals surface area contributed by atoms with Gasteiger partial charge in [-0.15, -0.1) is 0 Å². The van der Waals surface area contributed by atoms with Crippen molar-refractivity contribution in [1.82, 2.24) is 0 Å². The number of rotatable bonds is 4. The molecule has 0 heterocycles. The Bertz CT molecular complexity index is 452. The zero-order valence-electron chi connectivity index (χ0n) is 8.64. The standard InChI is InChI=1S/C12H12O4/c13-10(14)5-6-12(11(15)16)7-8-3-1-2-4-9(8)12/h1-4H,5-7H2,(H,13,14)(H,15,16). The van der Waals surface area contributed by atoms with Gasteiger partial charge in [0.05, 0.1) is 5.41 Å². The van der Waals surface area contributed by atoms with Crippen LogP contribution in [-0.2, 0) is 21.4 Å². The smallest absolute Gasteiger partial charge is 0.314 e. The number of fused-ring (bicyclic) bond motifs is 1. The molecular formula is C12H12O4. The summed E-state index contributed by atoms with van der Waals surface area (Å²) in [4.78, 5) is 21.8. The Morgan fingerprint density at radius 1 is 1.25 bits per heavy atom. The Morgan fingerprint density at radius 3 is 2.50 bits per heavy atom. The van der Waals surface area contributed by atoms with E-state index in [0.29, 0.717) is 6.42 Å². The zero-order chi connectivity index (χ0) is 11.8. The minimum absolute atomic E-state index is 0.110. The first-order valence-corrected chi connectivity index (χ1v) is 5.10. The lowest BCUT2D eigenvalue weighted by molar-refractivity contribution is -0.146. The van der Waals surface area contributed by atoms with Gasteiger partial charge in [0.25, 0.3) is 0 Å². The third kappa shape index (κ3) is 1.46. The number of carbonyl (C=O) groups is 2. The molecule has 1 aromatic carbocycles. The topological polar surface area (TPSA) is 74.6 Å². The van der Waals surface area contributed by atoms with Gasteiger partial charge in [-0.3, -0.25) is 9.59 Å². The second kappa shape index (κ2) is 3.63. The fourth-order valence-corrected chi connectivity index (χ4v) is 2.30. The molecule has 0 aliphatic heterocycles. The zero-order valence-corrected chi connectivity index (χ0v) is 8.64. The highest BCUT2D eigenvalue weighted by Crippen LogP contribution is 2.44. The Hall–Kier alpha value is -1.84. The minimum atomic E-state index is -0.977. The van der Waals surface area contributed by atoms with Crippen LogP contribution in [0, 0.1) is 0 Å². The van der Waals surface area contributed by atoms with Crippen molar-refractivity contribution in [2.24, 2.45) is 0 Å². The van der Waals surface area contributed by atoms with E-state index in [9.17, 15) is 14.7 Å². The Balaban J connectivity index is 2.28. The van der Waals surface area contributed by atoms with Crippen LogP contribution in [-0.4, -0.2) is 22.2 Å². The molecule has 4 heteroatoms. The van der Waals surface area contributed by atoms with Gasteiger partial charge in [-0.1, -0.05) is 24.3 Å². The Kier molecular flexibility index (Phi) is 2.42. The van der Waals surface area contributed by atoms with Gasteiger partial charge >= 0.3 is 11.9 Å². The summed E-state index contributed by atoms with van der Waals surface area (Å²) in [6.07, 6.45) is 0.487. The second-order valence-electron chi connectivity index (χ2n) is 4.11. The van der Waals surface area contributed by atoms with Crippen molar-refractivity contribution in [3.8, 4) is 0 Å². The molecule has 0 bridgehead atoms. The Labute approximate surface area is 92.5 Å². The van der Waals surface area contributed by atoms with Gasteiger partial charge in [0.1, 0.15) is 0 Å². The summed E-state index contributed by atoms with van der Waals surface area (Å²) in [7, 11) is 0. The Morgan fingerprint density at radius 2 is 1.94 bits per heavy atom. The van der Waals surface area contributed by atoms with Crippen LogP contribution in [0.2, 0.25) is 0 Å². The highest BCUT2D eigenvalue weighted by atomic mass is 16.4. The van der Waals surface area contributed by atoms with Gasteiger partial charge in [0.15, 0.2) is 0 Å². The molecule has 0 saturated heterocycles. The summed E-state index contributed by atoms with van der Waals surface area (Å²) in [6.45, 7) is 0. The van der Waals surface area contributed by atoms with Crippen LogP contribution in [0.3, 0.4) is 0 Å². The van der Waals surface area contributed by atoms with Gasteiger partial charge < -0.3 is 10.2 Å². The maximum Gasteiger partial charge on any atom is 0.314 e. The normalized spacial score (nSPS) is 22.0. The van der Waals surface area contributed by atoms with Gasteiger partial charge in [0.2, 0.25) is 0 Å². The number of hydrogen-bond acceptors (Lipinski definition) is 2. The van der Waals surface area contributed by atoms with Crippen molar-refractivity contribution in [3.63, 3.8) is 0 Å². The van der Waals surface area contributed by atoms with E-state index in [-0.39, 0.29) is 12.8 Å². The molecule has 1 aromatic rings. The van der Waals surface area contributed by atoms with Crippen molar-refractivity contribution in [2.45, 2.75) is 24.7 Å². The van der Waals surface area contributed by atoms with Gasteiger partial charge in [0, 0.05) is 6.42 Å². The summed E-state index contributed by atoms with van der Waals surface area (Å²) in [6, 6.07) is 7.31. The molecule has 0 amide bonds. The molecule has 1 aliphatic rings. The number of carboxylic acid groups (broad SMARTS) is 2. The average molecular weight is 220 g/mol. The molecule has 1 aliphatic carbocycles. The molecule has 1 unspecified atom stereocenters. The molecule has 0 saturated carbocycles. The predicted octanol–water partition coefficient (Wildman–Crippen LogP) is 1.43. The van der Waals surface area contributed by atoms with Crippen molar-refractivity contribution >= 4 is 11.9 Å². The highest BCUT2D eigenvalue weighted by Gasteiger charge is 2.48. The molecule has 2 rings (SSSR count). The number of aliphatic carboxylic acids is 2. The lowest BCUT2D eigenvalue weighted by Gasteiger charge is -2.40. The molecule has 0 radical (unpaired) electrons. The van der Waals surface area contributed by atoms with Crippen molar-refractivity contribution in [2.75, 3.05) is 0 Å². The van der Waals surface area contributed by atoms with Crippen LogP contribution in [0.4, 0.5) is 0 Å². The average Bonchev–Trinajstić information content (AvgIpc) is 2.18. The number of carboxylic acids is 2. The van der Waals surface area contributed by atoms with E-state index >= 15 is 0 Å². The van der Waals surface area contributed by atoms with Crippen LogP contribution in [0.15, 0.2) is 24.3 Å². The van der Waals surface area contributed by atoms with E-state index in [1.54, 1.807) is 12.1 Å². The first-order valence-electron chi connectivity index (χ1n) is 5.10. The molecule has 2 N–H and O–H groups in total. The summed E-state index contributed by atoms with van der Waals surface area (Å²) in [5.41, 5.74) is 0.800. The third-order valence-electron chi connectivity index (χ3n) is 3.20. The van der Waals surface area contributed by atoms with Gasteiger partial charge in [-0.25, -0.2) is 0 Å². The highest BCUT2D eigenvalue weighted by molar-refractivity contribution is 5.86. The second-order valence-corrected chi connectivity index (χ2v) is 4.11. The van der Waals surface area contributed by atoms with Gasteiger partial charge in [-0.05, 0) is 24.0 Å². The molecule has 0 spiro atoms. The van der Waals surface area contributed by atoms with Crippen molar-refractivity contribution < 1.29 is 19.8 Å². The molecule has 16 heavy (non-hydrogen) atoms. The first-order chi connectivity index (χ1) is 7.56. The largest absolute Gasteiger partial charge is 0.481 e. The molecule has 84 valence electrons. The van der Waals surface area contributed by atoms with E-state index in [1.165, 1.54) is 0 Å². The number of benzene rings is 1. The van der Waals surface area contributed by atoms with Gasteiger partial charge in [-0.2, -0.15) is 0 Å². The molecule has 4 nitrogen and oxygen atoms in total. The quantitative estimate of drug-likeness (QED) is 0.804. The summed E-state index contributed by atoms with van der Waals surface area (Å²) in [5.74, 6) is -1.88. The van der Waals surface area contributed by atoms with Crippen LogP contribution in [0.1, 0.15) is 24.0 Å². The molecular weight excluding hydrogens is 208 g/mol. The van der Waals surface area contributed by atoms with E-state index in [1.807, 2.05) is 12.1 Å². The minimum Gasteiger partial charge on any atom is -0.481 e. The lowest BCUT2D eigenvalue weighted by atomic mass is 9.61. The van der Waals surface area contributed by atoms with Crippen LogP contribution in [0.5, 0.6) is 0 Å².